The van der Waals surface area contributed by atoms with Crippen molar-refractivity contribution in [3.8, 4) is 0 Å². The first-order valence-corrected chi connectivity index (χ1v) is 7.05. The Bertz CT molecular complexity index is 395. The highest BCUT2D eigenvalue weighted by Crippen LogP contribution is 2.19. The van der Waals surface area contributed by atoms with Crippen LogP contribution in [0.3, 0.4) is 0 Å². The lowest BCUT2D eigenvalue weighted by atomic mass is 10.1. The van der Waals surface area contributed by atoms with Gasteiger partial charge >= 0.3 is 0 Å². The van der Waals surface area contributed by atoms with E-state index in [0.29, 0.717) is 26.3 Å². The zero-order valence-electron chi connectivity index (χ0n) is 8.96. The quantitative estimate of drug-likeness (QED) is 0.675. The number of amides is 1. The van der Waals surface area contributed by atoms with Gasteiger partial charge in [-0.25, -0.2) is 8.42 Å². The highest BCUT2D eigenvalue weighted by molar-refractivity contribution is 7.94. The molecule has 1 saturated heterocycles. The molecule has 2 aliphatic rings. The fourth-order valence-corrected chi connectivity index (χ4v) is 3.33. The van der Waals surface area contributed by atoms with Crippen molar-refractivity contribution in [1.82, 2.24) is 4.90 Å². The maximum absolute atomic E-state index is 11.8. The molecule has 0 aromatic carbocycles. The largest absolute Gasteiger partial charge is 0.378 e. The summed E-state index contributed by atoms with van der Waals surface area (Å²) in [6.45, 7) is 2.37. The minimum Gasteiger partial charge on any atom is -0.378 e. The van der Waals surface area contributed by atoms with Crippen molar-refractivity contribution in [3.63, 3.8) is 0 Å². The molecular formula is C10H15NO4S. The number of carbonyl (C=O) groups is 1. The zero-order valence-corrected chi connectivity index (χ0v) is 9.78. The number of hydrogen-bond donors (Lipinski definition) is 0. The fraction of sp³-hybridized carbons (Fsp3) is 0.700. The van der Waals surface area contributed by atoms with Crippen molar-refractivity contribution in [2.24, 2.45) is 5.92 Å². The lowest BCUT2D eigenvalue weighted by molar-refractivity contribution is -0.135. The Labute approximate surface area is 95.0 Å². The van der Waals surface area contributed by atoms with E-state index in [-0.39, 0.29) is 24.0 Å². The van der Waals surface area contributed by atoms with E-state index in [1.807, 2.05) is 0 Å². The van der Waals surface area contributed by atoms with Gasteiger partial charge in [0.05, 0.1) is 19.0 Å². The van der Waals surface area contributed by atoms with Crippen LogP contribution in [0.5, 0.6) is 0 Å². The van der Waals surface area contributed by atoms with Crippen molar-refractivity contribution in [2.45, 2.75) is 6.42 Å². The van der Waals surface area contributed by atoms with E-state index in [2.05, 4.69) is 0 Å². The van der Waals surface area contributed by atoms with E-state index in [9.17, 15) is 13.2 Å². The van der Waals surface area contributed by atoms with Gasteiger partial charge in [0.2, 0.25) is 5.91 Å². The molecule has 0 radical (unpaired) electrons. The van der Waals surface area contributed by atoms with Crippen LogP contribution in [0.4, 0.5) is 0 Å². The number of sulfone groups is 1. The van der Waals surface area contributed by atoms with Gasteiger partial charge in [-0.1, -0.05) is 6.08 Å². The Morgan fingerprint density at radius 1 is 1.38 bits per heavy atom. The number of rotatable bonds is 2. The van der Waals surface area contributed by atoms with Crippen molar-refractivity contribution in [3.05, 3.63) is 11.5 Å². The molecule has 2 aliphatic heterocycles. The zero-order chi connectivity index (χ0) is 11.6. The molecule has 2 heterocycles. The van der Waals surface area contributed by atoms with Crippen molar-refractivity contribution >= 4 is 15.7 Å². The topological polar surface area (TPSA) is 63.7 Å². The normalized spacial score (nSPS) is 28.2. The van der Waals surface area contributed by atoms with Gasteiger partial charge in [-0.05, 0) is 0 Å². The Balaban J connectivity index is 1.86. The molecule has 1 atom stereocenters. The van der Waals surface area contributed by atoms with Crippen LogP contribution in [0.25, 0.3) is 0 Å². The standard InChI is InChI=1S/C10H15NO4S/c12-10(11-2-4-15-5-3-11)7-9-1-6-16(13,14)8-9/h1,6,9H,2-5,7-8H2/t9-/m1/s1. The lowest BCUT2D eigenvalue weighted by Crippen LogP contribution is -2.41. The molecule has 1 amide bonds. The molecule has 0 saturated carbocycles. The summed E-state index contributed by atoms with van der Waals surface area (Å²) >= 11 is 0. The summed E-state index contributed by atoms with van der Waals surface area (Å²) < 4.78 is 27.5. The lowest BCUT2D eigenvalue weighted by Gasteiger charge is -2.27. The summed E-state index contributed by atoms with van der Waals surface area (Å²) in [5.74, 6) is -0.0568. The molecular weight excluding hydrogens is 230 g/mol. The van der Waals surface area contributed by atoms with Crippen LogP contribution in [0.15, 0.2) is 11.5 Å². The number of nitrogens with zero attached hydrogens (tertiary/aromatic N) is 1. The minimum absolute atomic E-state index is 0.0232. The molecule has 0 aliphatic carbocycles. The van der Waals surface area contributed by atoms with Gasteiger partial charge < -0.3 is 9.64 Å². The molecule has 0 N–H and O–H groups in total. The van der Waals surface area contributed by atoms with Gasteiger partial charge in [0.15, 0.2) is 9.84 Å². The van der Waals surface area contributed by atoms with E-state index in [0.717, 1.165) is 0 Å². The maximum atomic E-state index is 11.8. The second kappa shape index (κ2) is 4.55. The first-order valence-electron chi connectivity index (χ1n) is 5.33. The molecule has 16 heavy (non-hydrogen) atoms. The predicted molar refractivity (Wildman–Crippen MR) is 58.4 cm³/mol. The van der Waals surface area contributed by atoms with Crippen LogP contribution in [0, 0.1) is 5.92 Å². The van der Waals surface area contributed by atoms with Crippen LogP contribution in [-0.2, 0) is 19.4 Å². The van der Waals surface area contributed by atoms with Crippen molar-refractivity contribution in [1.29, 1.82) is 0 Å². The number of morpholine rings is 1. The van der Waals surface area contributed by atoms with Crippen molar-refractivity contribution < 1.29 is 17.9 Å². The molecule has 5 nitrogen and oxygen atoms in total. The molecule has 0 unspecified atom stereocenters. The summed E-state index contributed by atoms with van der Waals surface area (Å²) in [7, 11) is -3.05. The van der Waals surface area contributed by atoms with Gasteiger partial charge in [-0.2, -0.15) is 0 Å². The fourth-order valence-electron chi connectivity index (χ4n) is 1.93. The average Bonchev–Trinajstić information content (AvgIpc) is 2.59. The first kappa shape index (κ1) is 11.6. The Hall–Kier alpha value is -0.880. The second-order valence-electron chi connectivity index (χ2n) is 4.12. The number of allylic oxidation sites excluding steroid dienone is 1. The van der Waals surface area contributed by atoms with E-state index in [1.54, 1.807) is 11.0 Å². The molecule has 90 valence electrons. The van der Waals surface area contributed by atoms with Gasteiger partial charge in [0.25, 0.3) is 0 Å². The summed E-state index contributed by atoms with van der Waals surface area (Å²) in [5, 5.41) is 1.21. The average molecular weight is 245 g/mol. The van der Waals surface area contributed by atoms with Crippen LogP contribution in [-0.4, -0.2) is 51.3 Å². The van der Waals surface area contributed by atoms with E-state index < -0.39 is 9.84 Å². The van der Waals surface area contributed by atoms with Gasteiger partial charge in [-0.3, -0.25) is 4.79 Å². The Kier molecular flexibility index (Phi) is 3.30. The Morgan fingerprint density at radius 3 is 2.62 bits per heavy atom. The minimum atomic E-state index is -3.05. The van der Waals surface area contributed by atoms with Crippen molar-refractivity contribution in [2.75, 3.05) is 32.1 Å². The van der Waals surface area contributed by atoms with E-state index >= 15 is 0 Å². The molecule has 0 aromatic rings. The number of hydrogen-bond acceptors (Lipinski definition) is 4. The third-order valence-electron chi connectivity index (χ3n) is 2.81. The summed E-state index contributed by atoms with van der Waals surface area (Å²) in [5.41, 5.74) is 0. The maximum Gasteiger partial charge on any atom is 0.223 e. The first-order chi connectivity index (χ1) is 7.57. The molecule has 0 aromatic heterocycles. The summed E-state index contributed by atoms with van der Waals surface area (Å²) in [6.07, 6.45) is 1.91. The highest BCUT2D eigenvalue weighted by Gasteiger charge is 2.26. The highest BCUT2D eigenvalue weighted by atomic mass is 32.2. The number of ether oxygens (including phenoxy) is 1. The number of carbonyl (C=O) groups excluding carboxylic acids is 1. The molecule has 0 spiro atoms. The van der Waals surface area contributed by atoms with Gasteiger partial charge in [0, 0.05) is 30.8 Å². The van der Waals surface area contributed by atoms with Gasteiger partial charge in [-0.15, -0.1) is 0 Å². The summed E-state index contributed by atoms with van der Waals surface area (Å²) in [6, 6.07) is 0. The molecule has 0 bridgehead atoms. The third-order valence-corrected chi connectivity index (χ3v) is 4.27. The second-order valence-corrected chi connectivity index (χ2v) is 6.05. The SMILES string of the molecule is O=C(C[C@H]1C=CS(=O)(=O)C1)N1CCOCC1. The van der Waals surface area contributed by atoms with Crippen LogP contribution < -0.4 is 0 Å². The van der Waals surface area contributed by atoms with Crippen LogP contribution >= 0.6 is 0 Å². The Morgan fingerprint density at radius 2 is 2.06 bits per heavy atom. The monoisotopic (exact) mass is 245 g/mol. The third kappa shape index (κ3) is 2.82. The van der Waals surface area contributed by atoms with Crippen LogP contribution in [0.1, 0.15) is 6.42 Å². The van der Waals surface area contributed by atoms with E-state index in [1.165, 1.54) is 5.41 Å². The molecule has 6 heteroatoms. The molecule has 2 rings (SSSR count). The van der Waals surface area contributed by atoms with E-state index in [4.69, 9.17) is 4.74 Å². The summed E-state index contributed by atoms with van der Waals surface area (Å²) in [4.78, 5) is 13.5. The predicted octanol–water partition coefficient (Wildman–Crippen LogP) is -0.206. The van der Waals surface area contributed by atoms with Crippen LogP contribution in [0.2, 0.25) is 0 Å². The smallest absolute Gasteiger partial charge is 0.223 e. The van der Waals surface area contributed by atoms with Gasteiger partial charge in [0.1, 0.15) is 0 Å². The molecule has 1 fully saturated rings.